The minimum Gasteiger partial charge on any atom is -0.490 e. The fourth-order valence-corrected chi connectivity index (χ4v) is 3.93. The Morgan fingerprint density at radius 2 is 1.96 bits per heavy atom. The zero-order valence-electron chi connectivity index (χ0n) is 15.9. The first-order valence-electron chi connectivity index (χ1n) is 9.76. The van der Waals surface area contributed by atoms with Crippen LogP contribution in [0.4, 0.5) is 5.69 Å². The zero-order valence-corrected chi connectivity index (χ0v) is 16.7. The Kier molecular flexibility index (Phi) is 5.58. The fourth-order valence-electron chi connectivity index (χ4n) is 3.74. The van der Waals surface area contributed by atoms with Crippen LogP contribution in [-0.2, 0) is 26.5 Å². The first kappa shape index (κ1) is 19.2. The minimum atomic E-state index is -1.30. The summed E-state index contributed by atoms with van der Waals surface area (Å²) in [6.45, 7) is 3.70. The summed E-state index contributed by atoms with van der Waals surface area (Å²) in [7, 11) is 0. The van der Waals surface area contributed by atoms with Crippen molar-refractivity contribution in [1.29, 1.82) is 0 Å². The van der Waals surface area contributed by atoms with Gasteiger partial charge in [-0.25, -0.2) is 0 Å². The molecule has 0 saturated carbocycles. The maximum Gasteiger partial charge on any atom is 0.292 e. The number of hydrogen-bond donors (Lipinski definition) is 0. The van der Waals surface area contributed by atoms with E-state index in [2.05, 4.69) is 19.1 Å². The lowest BCUT2D eigenvalue weighted by Crippen LogP contribution is -2.42. The molecule has 0 aliphatic carbocycles. The molecule has 148 valence electrons. The number of anilines is 1. The zero-order chi connectivity index (χ0) is 19.6. The summed E-state index contributed by atoms with van der Waals surface area (Å²) >= 11 is 6.14. The van der Waals surface area contributed by atoms with Crippen LogP contribution in [0.15, 0.2) is 42.5 Å². The van der Waals surface area contributed by atoms with Crippen molar-refractivity contribution in [3.8, 4) is 5.75 Å². The average molecular weight is 402 g/mol. The summed E-state index contributed by atoms with van der Waals surface area (Å²) in [6.07, 6.45) is 3.21. The van der Waals surface area contributed by atoms with Crippen molar-refractivity contribution in [3.63, 3.8) is 0 Å². The van der Waals surface area contributed by atoms with Crippen molar-refractivity contribution in [2.24, 2.45) is 0 Å². The Labute approximate surface area is 170 Å². The number of ether oxygens (including phenoxy) is 3. The predicted octanol–water partition coefficient (Wildman–Crippen LogP) is 4.31. The summed E-state index contributed by atoms with van der Waals surface area (Å²) < 4.78 is 17.5. The van der Waals surface area contributed by atoms with Crippen LogP contribution in [0, 0.1) is 0 Å². The van der Waals surface area contributed by atoms with Gasteiger partial charge in [0, 0.05) is 5.56 Å². The molecule has 0 N–H and O–H groups in total. The van der Waals surface area contributed by atoms with E-state index in [9.17, 15) is 4.79 Å². The molecule has 0 unspecified atom stereocenters. The molecule has 0 bridgehead atoms. The van der Waals surface area contributed by atoms with Crippen LogP contribution in [-0.4, -0.2) is 32.3 Å². The second-order valence-corrected chi connectivity index (χ2v) is 7.41. The number of halogens is 1. The Hall–Kier alpha value is -2.08. The van der Waals surface area contributed by atoms with E-state index >= 15 is 0 Å². The first-order chi connectivity index (χ1) is 13.7. The highest BCUT2D eigenvalue weighted by molar-refractivity contribution is 6.32. The molecule has 28 heavy (non-hydrogen) atoms. The van der Waals surface area contributed by atoms with Gasteiger partial charge in [-0.15, -0.1) is 0 Å². The number of fused-ring (bicyclic) bond motifs is 2. The molecule has 1 spiro atoms. The Balaban J connectivity index is 1.55. The van der Waals surface area contributed by atoms with Gasteiger partial charge in [-0.2, -0.15) is 0 Å². The van der Waals surface area contributed by atoms with Crippen molar-refractivity contribution in [3.05, 3.63) is 58.6 Å². The maximum absolute atomic E-state index is 13.2. The average Bonchev–Trinajstić information content (AvgIpc) is 3.29. The SMILES string of the molecule is CCCCc1ccc2c(c1)C1(OCCO1)C(=O)N2CCOc1ccccc1Cl. The van der Waals surface area contributed by atoms with Crippen LogP contribution in [0.5, 0.6) is 5.75 Å². The maximum atomic E-state index is 13.2. The summed E-state index contributed by atoms with van der Waals surface area (Å²) in [4.78, 5) is 14.9. The van der Waals surface area contributed by atoms with Gasteiger partial charge in [-0.3, -0.25) is 4.79 Å². The van der Waals surface area contributed by atoms with Crippen molar-refractivity contribution < 1.29 is 19.0 Å². The van der Waals surface area contributed by atoms with Gasteiger partial charge >= 0.3 is 0 Å². The molecule has 2 aromatic carbocycles. The van der Waals surface area contributed by atoms with Gasteiger partial charge in [-0.1, -0.05) is 43.1 Å². The second kappa shape index (κ2) is 8.11. The van der Waals surface area contributed by atoms with Crippen LogP contribution in [0.1, 0.15) is 30.9 Å². The molecule has 2 aromatic rings. The van der Waals surface area contributed by atoms with Crippen LogP contribution >= 0.6 is 11.6 Å². The molecule has 2 heterocycles. The number of amides is 1. The van der Waals surface area contributed by atoms with Crippen molar-refractivity contribution in [2.45, 2.75) is 32.0 Å². The normalized spacial score (nSPS) is 17.4. The van der Waals surface area contributed by atoms with Gasteiger partial charge in [0.2, 0.25) is 0 Å². The highest BCUT2D eigenvalue weighted by Crippen LogP contribution is 2.46. The number of carbonyl (C=O) groups excluding carboxylic acids is 1. The minimum absolute atomic E-state index is 0.185. The first-order valence-corrected chi connectivity index (χ1v) is 10.1. The van der Waals surface area contributed by atoms with E-state index in [-0.39, 0.29) is 5.91 Å². The number of rotatable bonds is 7. The highest BCUT2D eigenvalue weighted by atomic mass is 35.5. The van der Waals surface area contributed by atoms with E-state index in [4.69, 9.17) is 25.8 Å². The van der Waals surface area contributed by atoms with Gasteiger partial charge < -0.3 is 19.1 Å². The molecule has 5 nitrogen and oxygen atoms in total. The number of hydrogen-bond acceptors (Lipinski definition) is 4. The Bertz CT molecular complexity index is 863. The lowest BCUT2D eigenvalue weighted by Gasteiger charge is -2.22. The van der Waals surface area contributed by atoms with E-state index in [0.717, 1.165) is 30.5 Å². The van der Waals surface area contributed by atoms with E-state index in [1.165, 1.54) is 5.56 Å². The van der Waals surface area contributed by atoms with Crippen molar-refractivity contribution in [1.82, 2.24) is 0 Å². The third kappa shape index (κ3) is 3.39. The molecule has 4 rings (SSSR count). The van der Waals surface area contributed by atoms with E-state index in [1.807, 2.05) is 24.3 Å². The van der Waals surface area contributed by atoms with Crippen LogP contribution in [0.25, 0.3) is 0 Å². The van der Waals surface area contributed by atoms with E-state index < -0.39 is 5.79 Å². The smallest absolute Gasteiger partial charge is 0.292 e. The number of carbonyl (C=O) groups is 1. The summed E-state index contributed by atoms with van der Waals surface area (Å²) in [6, 6.07) is 13.4. The van der Waals surface area contributed by atoms with Gasteiger partial charge in [0.05, 0.1) is 30.5 Å². The van der Waals surface area contributed by atoms with E-state index in [1.54, 1.807) is 11.0 Å². The highest BCUT2D eigenvalue weighted by Gasteiger charge is 2.56. The fraction of sp³-hybridized carbons (Fsp3) is 0.409. The van der Waals surface area contributed by atoms with Gasteiger partial charge in [0.25, 0.3) is 11.7 Å². The monoisotopic (exact) mass is 401 g/mol. The van der Waals surface area contributed by atoms with Crippen LogP contribution in [0.3, 0.4) is 0 Å². The molecule has 1 fully saturated rings. The topological polar surface area (TPSA) is 48.0 Å². The molecular weight excluding hydrogens is 378 g/mol. The quantitative estimate of drug-likeness (QED) is 0.693. The van der Waals surface area contributed by atoms with Gasteiger partial charge in [0.1, 0.15) is 12.4 Å². The molecule has 2 aliphatic rings. The molecule has 1 amide bonds. The third-order valence-corrected chi connectivity index (χ3v) is 5.47. The Morgan fingerprint density at radius 1 is 1.18 bits per heavy atom. The molecule has 0 radical (unpaired) electrons. The number of aryl methyl sites for hydroxylation is 1. The van der Waals surface area contributed by atoms with Crippen LogP contribution in [0.2, 0.25) is 5.02 Å². The third-order valence-electron chi connectivity index (χ3n) is 5.16. The van der Waals surface area contributed by atoms with Gasteiger partial charge in [-0.05, 0) is 42.7 Å². The van der Waals surface area contributed by atoms with Gasteiger partial charge in [0.15, 0.2) is 0 Å². The lowest BCUT2D eigenvalue weighted by atomic mass is 10.0. The predicted molar refractivity (Wildman–Crippen MR) is 108 cm³/mol. The molecule has 2 aliphatic heterocycles. The molecular formula is C22H24ClNO4. The standard InChI is InChI=1S/C22H24ClNO4/c1-2-3-6-16-9-10-19-17(15-16)22(27-13-14-28-22)21(25)24(19)11-12-26-20-8-5-4-7-18(20)23/h4-5,7-10,15H,2-3,6,11-14H2,1H3. The number of para-hydroxylation sites is 1. The number of benzene rings is 2. The summed E-state index contributed by atoms with van der Waals surface area (Å²) in [5.41, 5.74) is 2.83. The second-order valence-electron chi connectivity index (χ2n) is 7.00. The lowest BCUT2D eigenvalue weighted by molar-refractivity contribution is -0.180. The number of nitrogens with zero attached hydrogens (tertiary/aromatic N) is 1. The molecule has 6 heteroatoms. The summed E-state index contributed by atoms with van der Waals surface area (Å²) in [5.74, 6) is -0.883. The molecule has 0 aromatic heterocycles. The summed E-state index contributed by atoms with van der Waals surface area (Å²) in [5, 5.41) is 0.551. The number of unbranched alkanes of at least 4 members (excludes halogenated alkanes) is 1. The van der Waals surface area contributed by atoms with Crippen LogP contribution < -0.4 is 9.64 Å². The van der Waals surface area contributed by atoms with Crippen molar-refractivity contribution >= 4 is 23.2 Å². The Morgan fingerprint density at radius 3 is 2.71 bits per heavy atom. The molecule has 0 atom stereocenters. The largest absolute Gasteiger partial charge is 0.490 e. The van der Waals surface area contributed by atoms with Crippen molar-refractivity contribution in [2.75, 3.05) is 31.3 Å². The molecule has 1 saturated heterocycles. The van der Waals surface area contributed by atoms with E-state index in [0.29, 0.717) is 37.1 Å².